The molecule has 0 aromatic heterocycles. The van der Waals surface area contributed by atoms with Crippen LogP contribution in [0.15, 0.2) is 0 Å². The van der Waals surface area contributed by atoms with Gasteiger partial charge in [-0.3, -0.25) is 0 Å². The highest BCUT2D eigenvalue weighted by Gasteiger charge is 1.94. The fourth-order valence-corrected chi connectivity index (χ4v) is 0.697. The standard InChI is InChI=1S/C8H17/c1-4-6-7-8(3)5-2/h8H,2,4-7H2,1,3H3/t8-/m0/s1. The summed E-state index contributed by atoms with van der Waals surface area (Å²) in [4.78, 5) is 0. The minimum atomic E-state index is 0.843. The molecular formula is C8H17. The summed E-state index contributed by atoms with van der Waals surface area (Å²) >= 11 is 0. The molecular weight excluding hydrogens is 96.1 g/mol. The molecule has 0 nitrogen and oxygen atoms in total. The molecule has 8 heavy (non-hydrogen) atoms. The van der Waals surface area contributed by atoms with E-state index >= 15 is 0 Å². The van der Waals surface area contributed by atoms with Gasteiger partial charge in [-0.1, -0.05) is 46.5 Å². The van der Waals surface area contributed by atoms with Crippen LogP contribution in [0, 0.1) is 12.8 Å². The van der Waals surface area contributed by atoms with E-state index in [0.717, 1.165) is 12.3 Å². The maximum absolute atomic E-state index is 3.84. The second-order valence-electron chi connectivity index (χ2n) is 2.54. The van der Waals surface area contributed by atoms with E-state index in [1.807, 2.05) is 0 Å². The van der Waals surface area contributed by atoms with Crippen LogP contribution in [-0.4, -0.2) is 0 Å². The Morgan fingerprint density at radius 1 is 1.50 bits per heavy atom. The minimum absolute atomic E-state index is 0.843. The minimum Gasteiger partial charge on any atom is -0.0654 e. The predicted molar refractivity (Wildman–Crippen MR) is 38.7 cm³/mol. The molecule has 0 heterocycles. The van der Waals surface area contributed by atoms with Crippen molar-refractivity contribution in [1.82, 2.24) is 0 Å². The Morgan fingerprint density at radius 3 is 2.50 bits per heavy atom. The van der Waals surface area contributed by atoms with Crippen LogP contribution in [-0.2, 0) is 0 Å². The van der Waals surface area contributed by atoms with Gasteiger partial charge < -0.3 is 0 Å². The zero-order valence-corrected chi connectivity index (χ0v) is 6.11. The highest BCUT2D eigenvalue weighted by atomic mass is 14.0. The number of unbranched alkanes of at least 4 members (excludes halogenated alkanes) is 1. The lowest BCUT2D eigenvalue weighted by molar-refractivity contribution is 0.510. The van der Waals surface area contributed by atoms with Gasteiger partial charge in [-0.2, -0.15) is 0 Å². The highest BCUT2D eigenvalue weighted by molar-refractivity contribution is 4.52. The quantitative estimate of drug-likeness (QED) is 0.525. The molecule has 0 unspecified atom stereocenters. The van der Waals surface area contributed by atoms with E-state index in [4.69, 9.17) is 0 Å². The summed E-state index contributed by atoms with van der Waals surface area (Å²) < 4.78 is 0. The fourth-order valence-electron chi connectivity index (χ4n) is 0.697. The lowest BCUT2D eigenvalue weighted by Gasteiger charge is -2.04. The third-order valence-electron chi connectivity index (χ3n) is 1.54. The summed E-state index contributed by atoms with van der Waals surface area (Å²) in [5, 5.41) is 0. The molecule has 0 aliphatic carbocycles. The van der Waals surface area contributed by atoms with E-state index in [-0.39, 0.29) is 0 Å². The Balaban J connectivity index is 2.86. The molecule has 0 saturated carbocycles. The van der Waals surface area contributed by atoms with E-state index in [0.29, 0.717) is 0 Å². The Morgan fingerprint density at radius 2 is 2.12 bits per heavy atom. The molecule has 0 bridgehead atoms. The third kappa shape index (κ3) is 4.17. The van der Waals surface area contributed by atoms with E-state index < -0.39 is 0 Å². The van der Waals surface area contributed by atoms with Crippen LogP contribution in [0.5, 0.6) is 0 Å². The van der Waals surface area contributed by atoms with Crippen molar-refractivity contribution in [3.05, 3.63) is 6.92 Å². The van der Waals surface area contributed by atoms with Crippen molar-refractivity contribution in [1.29, 1.82) is 0 Å². The summed E-state index contributed by atoms with van der Waals surface area (Å²) in [6.45, 7) is 8.34. The monoisotopic (exact) mass is 113 g/mol. The van der Waals surface area contributed by atoms with Gasteiger partial charge in [0.1, 0.15) is 0 Å². The van der Waals surface area contributed by atoms with E-state index in [2.05, 4.69) is 20.8 Å². The Bertz CT molecular complexity index is 39.3. The smallest absolute Gasteiger partial charge is 0.0443 e. The van der Waals surface area contributed by atoms with E-state index in [1.54, 1.807) is 0 Å². The molecule has 0 amide bonds. The van der Waals surface area contributed by atoms with Crippen molar-refractivity contribution in [3.63, 3.8) is 0 Å². The van der Waals surface area contributed by atoms with Gasteiger partial charge in [0.2, 0.25) is 0 Å². The van der Waals surface area contributed by atoms with Crippen LogP contribution < -0.4 is 0 Å². The number of hydrogen-bond donors (Lipinski definition) is 0. The summed E-state index contributed by atoms with van der Waals surface area (Å²) in [5.41, 5.74) is 0. The molecule has 0 aromatic rings. The molecule has 1 radical (unpaired) electrons. The van der Waals surface area contributed by atoms with Crippen molar-refractivity contribution >= 4 is 0 Å². The van der Waals surface area contributed by atoms with E-state index in [1.165, 1.54) is 19.3 Å². The van der Waals surface area contributed by atoms with Crippen molar-refractivity contribution in [2.24, 2.45) is 5.92 Å². The third-order valence-corrected chi connectivity index (χ3v) is 1.54. The van der Waals surface area contributed by atoms with Gasteiger partial charge in [-0.15, -0.1) is 0 Å². The normalized spacial score (nSPS) is 13.9. The molecule has 0 aliphatic rings. The first-order chi connectivity index (χ1) is 3.81. The Hall–Kier alpha value is 0. The van der Waals surface area contributed by atoms with Crippen LogP contribution in [0.1, 0.15) is 39.5 Å². The van der Waals surface area contributed by atoms with Crippen LogP contribution in [0.25, 0.3) is 0 Å². The van der Waals surface area contributed by atoms with Crippen LogP contribution in [0.3, 0.4) is 0 Å². The molecule has 0 aliphatic heterocycles. The summed E-state index contributed by atoms with van der Waals surface area (Å²) in [7, 11) is 0. The molecule has 0 rings (SSSR count). The zero-order valence-electron chi connectivity index (χ0n) is 6.11. The maximum atomic E-state index is 3.84. The first-order valence-corrected chi connectivity index (χ1v) is 3.60. The predicted octanol–water partition coefficient (Wildman–Crippen LogP) is 3.04. The Labute approximate surface area is 53.3 Å². The first kappa shape index (κ1) is 8.00. The highest BCUT2D eigenvalue weighted by Crippen LogP contribution is 2.09. The van der Waals surface area contributed by atoms with Gasteiger partial charge in [0.05, 0.1) is 0 Å². The van der Waals surface area contributed by atoms with Crippen molar-refractivity contribution in [2.75, 3.05) is 0 Å². The van der Waals surface area contributed by atoms with Crippen LogP contribution in [0.4, 0.5) is 0 Å². The SMILES string of the molecule is [CH2]C[C@H](C)CCCC. The fraction of sp³-hybridized carbons (Fsp3) is 0.875. The van der Waals surface area contributed by atoms with Gasteiger partial charge >= 0.3 is 0 Å². The molecule has 1 atom stereocenters. The zero-order chi connectivity index (χ0) is 6.41. The van der Waals surface area contributed by atoms with Gasteiger partial charge in [0, 0.05) is 0 Å². The largest absolute Gasteiger partial charge is 0.0654 e. The maximum Gasteiger partial charge on any atom is -0.0443 e. The lowest BCUT2D eigenvalue weighted by atomic mass is 10.0. The summed E-state index contributed by atoms with van der Waals surface area (Å²) in [6, 6.07) is 0. The van der Waals surface area contributed by atoms with Gasteiger partial charge in [0.15, 0.2) is 0 Å². The van der Waals surface area contributed by atoms with Gasteiger partial charge in [0.25, 0.3) is 0 Å². The van der Waals surface area contributed by atoms with Gasteiger partial charge in [-0.05, 0) is 5.92 Å². The molecule has 0 fully saturated rings. The molecule has 0 heteroatoms. The van der Waals surface area contributed by atoms with Crippen molar-refractivity contribution < 1.29 is 0 Å². The second-order valence-corrected chi connectivity index (χ2v) is 2.54. The summed E-state index contributed by atoms with van der Waals surface area (Å²) in [5.74, 6) is 0.843. The van der Waals surface area contributed by atoms with Gasteiger partial charge in [-0.25, -0.2) is 0 Å². The average Bonchev–Trinajstić information content (AvgIpc) is 1.83. The van der Waals surface area contributed by atoms with Crippen molar-refractivity contribution in [3.8, 4) is 0 Å². The molecule has 0 N–H and O–H groups in total. The second kappa shape index (κ2) is 5.14. The van der Waals surface area contributed by atoms with Crippen LogP contribution in [0.2, 0.25) is 0 Å². The summed E-state index contributed by atoms with van der Waals surface area (Å²) in [6.07, 6.45) is 5.15. The van der Waals surface area contributed by atoms with Crippen LogP contribution >= 0.6 is 0 Å². The van der Waals surface area contributed by atoms with E-state index in [9.17, 15) is 0 Å². The molecule has 0 spiro atoms. The topological polar surface area (TPSA) is 0 Å². The number of hydrogen-bond acceptors (Lipinski definition) is 0. The first-order valence-electron chi connectivity index (χ1n) is 3.60. The number of rotatable bonds is 4. The van der Waals surface area contributed by atoms with Crippen molar-refractivity contribution in [2.45, 2.75) is 39.5 Å². The molecule has 49 valence electrons. The lowest BCUT2D eigenvalue weighted by Crippen LogP contribution is -1.90. The Kier molecular flexibility index (Phi) is 5.14. The molecule has 0 saturated heterocycles. The average molecular weight is 113 g/mol. The molecule has 0 aromatic carbocycles.